The van der Waals surface area contributed by atoms with Crippen molar-refractivity contribution in [3.05, 3.63) is 0 Å². The predicted molar refractivity (Wildman–Crippen MR) is 22.6 cm³/mol. The number of rotatable bonds is 0. The smallest absolute Gasteiger partial charge is 1.00 e. The molecule has 0 aromatic heterocycles. The minimum Gasteiger partial charge on any atom is -1.00 e. The molecule has 4 nitrogen and oxygen atoms in total. The van der Waals surface area contributed by atoms with Gasteiger partial charge in [-0.05, 0) is 0 Å². The molecule has 0 aliphatic rings. The molecule has 4 N–H and O–H groups in total. The molecule has 0 aromatic rings. The van der Waals surface area contributed by atoms with E-state index in [0.717, 1.165) is 0 Å². The van der Waals surface area contributed by atoms with Crippen LogP contribution in [0.25, 0.3) is 0 Å². The molecule has 0 aliphatic carbocycles. The van der Waals surface area contributed by atoms with Crippen LogP contribution in [0.1, 0.15) is 2.85 Å². The van der Waals surface area contributed by atoms with E-state index in [0.29, 0.717) is 0 Å². The van der Waals surface area contributed by atoms with E-state index in [1.54, 1.807) is 0 Å². The summed E-state index contributed by atoms with van der Waals surface area (Å²) in [5.74, 6) is 0. The summed E-state index contributed by atoms with van der Waals surface area (Å²) in [5.41, 5.74) is 0. The fraction of sp³-hybridized carbons (Fsp3) is 0. The number of hydrogen-bond acceptors (Lipinski definition) is 4. The molecule has 0 unspecified atom stereocenters. The standard InChI is InChI=1S/Ba.Gd.H4O4Si.2H/c;;1-5(2,3)4;;/h;;1-4H;;/q+2;;;2*-1. The van der Waals surface area contributed by atoms with Gasteiger partial charge in [0.1, 0.15) is 0 Å². The van der Waals surface area contributed by atoms with Gasteiger partial charge in [0.15, 0.2) is 0 Å². The van der Waals surface area contributed by atoms with Crippen LogP contribution in [0.4, 0.5) is 0 Å². The van der Waals surface area contributed by atoms with E-state index in [1.165, 1.54) is 0 Å². The first kappa shape index (κ1) is 16.5. The Bertz CT molecular complexity index is 34.0. The van der Waals surface area contributed by atoms with Crippen molar-refractivity contribution in [3.63, 3.8) is 0 Å². The molecule has 0 saturated heterocycles. The van der Waals surface area contributed by atoms with E-state index in [4.69, 9.17) is 19.2 Å². The van der Waals surface area contributed by atoms with Crippen molar-refractivity contribution >= 4 is 57.9 Å². The average Bonchev–Trinajstić information content (AvgIpc) is 0.722. The molecule has 0 aliphatic heterocycles. The van der Waals surface area contributed by atoms with Crippen LogP contribution in [0.3, 0.4) is 0 Å². The molecule has 7 heteroatoms. The van der Waals surface area contributed by atoms with Gasteiger partial charge in [0, 0.05) is 39.9 Å². The minimum atomic E-state index is -4.61. The van der Waals surface area contributed by atoms with Crippen molar-refractivity contribution in [1.29, 1.82) is 0 Å². The Labute approximate surface area is 117 Å². The van der Waals surface area contributed by atoms with Gasteiger partial charge in [-0.1, -0.05) is 0 Å². The molecule has 0 rings (SSSR count). The zero-order chi connectivity index (χ0) is 4.50. The molecule has 0 aromatic carbocycles. The van der Waals surface area contributed by atoms with Crippen molar-refractivity contribution in [2.24, 2.45) is 0 Å². The SMILES string of the molecule is O[Si](O)(O)O.[Ba+2].[Gd].[H-].[H-]. The molecule has 7 heavy (non-hydrogen) atoms. The third-order valence-corrected chi connectivity index (χ3v) is 0. The summed E-state index contributed by atoms with van der Waals surface area (Å²) in [7, 11) is -4.61. The van der Waals surface area contributed by atoms with Crippen LogP contribution in [0.2, 0.25) is 0 Å². The average molecular weight is 393 g/mol. The van der Waals surface area contributed by atoms with E-state index in [2.05, 4.69) is 0 Å². The topological polar surface area (TPSA) is 80.9 Å². The first-order valence-electron chi connectivity index (χ1n) is 0.894. The minimum absolute atomic E-state index is 0. The largest absolute Gasteiger partial charge is 2.00 e. The van der Waals surface area contributed by atoms with Gasteiger partial charge < -0.3 is 22.0 Å². The number of hydrogen-bond donors (Lipinski definition) is 4. The summed E-state index contributed by atoms with van der Waals surface area (Å²) in [6.07, 6.45) is 0. The van der Waals surface area contributed by atoms with Crippen molar-refractivity contribution in [3.8, 4) is 0 Å². The van der Waals surface area contributed by atoms with Crippen molar-refractivity contribution in [2.75, 3.05) is 0 Å². The van der Waals surface area contributed by atoms with E-state index in [9.17, 15) is 0 Å². The Hall–Kier alpha value is 2.95. The maximum atomic E-state index is 7.33. The fourth-order valence-corrected chi connectivity index (χ4v) is 0. The molecule has 44 valence electrons. The monoisotopic (exact) mass is 394 g/mol. The Balaban J connectivity index is -0.0000000133. The summed E-state index contributed by atoms with van der Waals surface area (Å²) >= 11 is 0. The summed E-state index contributed by atoms with van der Waals surface area (Å²) in [6.45, 7) is 0. The van der Waals surface area contributed by atoms with Crippen molar-refractivity contribution < 1.29 is 62.0 Å². The van der Waals surface area contributed by atoms with Gasteiger partial charge >= 0.3 is 57.9 Å². The van der Waals surface area contributed by atoms with E-state index in [-0.39, 0.29) is 91.7 Å². The third kappa shape index (κ3) is 49.6. The maximum Gasteiger partial charge on any atom is 2.00 e. The summed E-state index contributed by atoms with van der Waals surface area (Å²) in [6, 6.07) is 0. The maximum absolute atomic E-state index is 7.33. The van der Waals surface area contributed by atoms with Crippen molar-refractivity contribution in [1.82, 2.24) is 0 Å². The Kier molecular flexibility index (Phi) is 16.7. The van der Waals surface area contributed by atoms with Gasteiger partial charge in [-0.25, -0.2) is 0 Å². The van der Waals surface area contributed by atoms with Gasteiger partial charge in [-0.3, -0.25) is 0 Å². The molecular formula is H6BaGdO4Si. The second kappa shape index (κ2) is 7.06. The molecule has 0 fully saturated rings. The molecule has 0 bridgehead atoms. The predicted octanol–water partition coefficient (Wildman–Crippen LogP) is -2.76. The van der Waals surface area contributed by atoms with Crippen molar-refractivity contribution in [2.45, 2.75) is 0 Å². The normalized spacial score (nSPS) is 8.57. The zero-order valence-corrected chi connectivity index (χ0v) is 11.1. The van der Waals surface area contributed by atoms with Crippen LogP contribution < -0.4 is 0 Å². The third-order valence-electron chi connectivity index (χ3n) is 0. The Morgan fingerprint density at radius 3 is 1.00 bits per heavy atom. The van der Waals surface area contributed by atoms with Gasteiger partial charge in [0.25, 0.3) is 0 Å². The fourth-order valence-electron chi connectivity index (χ4n) is 0. The van der Waals surface area contributed by atoms with Crippen LogP contribution in [0.15, 0.2) is 0 Å². The molecule has 0 atom stereocenters. The molecule has 0 amide bonds. The second-order valence-electron chi connectivity index (χ2n) is 0.600. The summed E-state index contributed by atoms with van der Waals surface area (Å²) in [4.78, 5) is 29.3. The van der Waals surface area contributed by atoms with Crippen LogP contribution in [0.5, 0.6) is 0 Å². The van der Waals surface area contributed by atoms with Gasteiger partial charge in [-0.2, -0.15) is 0 Å². The molecular weight excluding hydrogens is 387 g/mol. The zero-order valence-electron chi connectivity index (χ0n) is 5.35. The van der Waals surface area contributed by atoms with E-state index in [1.807, 2.05) is 0 Å². The summed E-state index contributed by atoms with van der Waals surface area (Å²) in [5, 5.41) is 0. The first-order valence-corrected chi connectivity index (χ1v) is 2.68. The van der Waals surface area contributed by atoms with Crippen LogP contribution >= 0.6 is 0 Å². The Morgan fingerprint density at radius 1 is 1.00 bits per heavy atom. The summed E-state index contributed by atoms with van der Waals surface area (Å²) < 4.78 is 0. The molecule has 0 saturated carbocycles. The van der Waals surface area contributed by atoms with E-state index < -0.39 is 9.05 Å². The molecule has 0 spiro atoms. The van der Waals surface area contributed by atoms with Crippen LogP contribution in [-0.2, 0) is 0 Å². The van der Waals surface area contributed by atoms with Gasteiger partial charge in [0.2, 0.25) is 0 Å². The second-order valence-corrected chi connectivity index (χ2v) is 1.80. The van der Waals surface area contributed by atoms with Gasteiger partial charge in [0.05, 0.1) is 0 Å². The van der Waals surface area contributed by atoms with Crippen LogP contribution in [0, 0.1) is 39.9 Å². The quantitative estimate of drug-likeness (QED) is 0.337. The first-order chi connectivity index (χ1) is 2.00. The Morgan fingerprint density at radius 2 is 1.00 bits per heavy atom. The molecule has 0 radical (unpaired) electrons. The molecule has 0 heterocycles. The van der Waals surface area contributed by atoms with Gasteiger partial charge in [-0.15, -0.1) is 0 Å². The van der Waals surface area contributed by atoms with Crippen LogP contribution in [-0.4, -0.2) is 77.1 Å². The van der Waals surface area contributed by atoms with E-state index >= 15 is 0 Å².